The van der Waals surface area contributed by atoms with Crippen LogP contribution in [0, 0.1) is 5.41 Å². The van der Waals surface area contributed by atoms with Gasteiger partial charge >= 0.3 is 0 Å². The van der Waals surface area contributed by atoms with Gasteiger partial charge in [0.05, 0.1) is 6.61 Å². The van der Waals surface area contributed by atoms with E-state index in [9.17, 15) is 0 Å². The summed E-state index contributed by atoms with van der Waals surface area (Å²) < 4.78 is 5.34. The molecule has 1 aromatic rings. The van der Waals surface area contributed by atoms with Crippen LogP contribution in [0.25, 0.3) is 0 Å². The maximum Gasteiger partial charge on any atom is 0.218 e. The number of hydrogen-bond acceptors (Lipinski definition) is 5. The molecule has 102 valence electrons. The molecule has 0 aliphatic rings. The van der Waals surface area contributed by atoms with Crippen LogP contribution in [0.1, 0.15) is 33.6 Å². The van der Waals surface area contributed by atoms with E-state index in [0.29, 0.717) is 12.5 Å². The van der Waals surface area contributed by atoms with Gasteiger partial charge in [0.2, 0.25) is 5.88 Å². The van der Waals surface area contributed by atoms with Crippen molar-refractivity contribution in [1.29, 1.82) is 0 Å². The van der Waals surface area contributed by atoms with E-state index in [0.717, 1.165) is 31.7 Å². The lowest BCUT2D eigenvalue weighted by Gasteiger charge is -2.25. The van der Waals surface area contributed by atoms with Crippen LogP contribution in [0.2, 0.25) is 0 Å². The maximum atomic E-state index is 5.54. The first-order valence-corrected chi connectivity index (χ1v) is 6.46. The molecule has 0 radical (unpaired) electrons. The molecule has 0 atom stereocenters. The third-order valence-corrected chi connectivity index (χ3v) is 2.74. The van der Waals surface area contributed by atoms with Gasteiger partial charge in [0.15, 0.2) is 0 Å². The van der Waals surface area contributed by atoms with Crippen LogP contribution in [0.3, 0.4) is 0 Å². The van der Waals surface area contributed by atoms with Gasteiger partial charge < -0.3 is 15.8 Å². The Morgan fingerprint density at radius 2 is 2.17 bits per heavy atom. The number of anilines is 1. The van der Waals surface area contributed by atoms with Gasteiger partial charge in [-0.3, -0.25) is 0 Å². The van der Waals surface area contributed by atoms with Gasteiger partial charge in [0.1, 0.15) is 12.1 Å². The zero-order chi connectivity index (χ0) is 13.4. The Labute approximate surface area is 109 Å². The Balaban J connectivity index is 2.49. The molecule has 0 spiro atoms. The molecular formula is C13H24N4O. The SMILES string of the molecule is CCOc1cc(NCC(C)(C)CCCN)ncn1. The number of nitrogens with two attached hydrogens (primary N) is 1. The summed E-state index contributed by atoms with van der Waals surface area (Å²) in [5.74, 6) is 1.41. The Morgan fingerprint density at radius 1 is 1.39 bits per heavy atom. The van der Waals surface area contributed by atoms with Crippen molar-refractivity contribution in [3.05, 3.63) is 12.4 Å². The molecule has 0 saturated heterocycles. The zero-order valence-electron chi connectivity index (χ0n) is 11.6. The van der Waals surface area contributed by atoms with Gasteiger partial charge in [-0.05, 0) is 31.7 Å². The van der Waals surface area contributed by atoms with Gasteiger partial charge in [-0.2, -0.15) is 0 Å². The number of nitrogens with one attached hydrogen (secondary N) is 1. The van der Waals surface area contributed by atoms with Crippen LogP contribution in [0.15, 0.2) is 12.4 Å². The first-order chi connectivity index (χ1) is 8.57. The van der Waals surface area contributed by atoms with E-state index in [4.69, 9.17) is 10.5 Å². The molecule has 0 aliphatic carbocycles. The second-order valence-electron chi connectivity index (χ2n) is 5.08. The third-order valence-electron chi connectivity index (χ3n) is 2.74. The highest BCUT2D eigenvalue weighted by molar-refractivity contribution is 5.37. The number of rotatable bonds is 8. The minimum atomic E-state index is 0.204. The average Bonchev–Trinajstić information content (AvgIpc) is 2.35. The Morgan fingerprint density at radius 3 is 2.83 bits per heavy atom. The van der Waals surface area contributed by atoms with Crippen LogP contribution >= 0.6 is 0 Å². The molecular weight excluding hydrogens is 228 g/mol. The fraction of sp³-hybridized carbons (Fsp3) is 0.692. The molecule has 1 rings (SSSR count). The first-order valence-electron chi connectivity index (χ1n) is 6.46. The molecule has 0 aromatic carbocycles. The molecule has 1 heterocycles. The summed E-state index contributed by atoms with van der Waals surface area (Å²) >= 11 is 0. The molecule has 1 aromatic heterocycles. The largest absolute Gasteiger partial charge is 0.478 e. The van der Waals surface area contributed by atoms with Crippen molar-refractivity contribution < 1.29 is 4.74 Å². The second kappa shape index (κ2) is 7.16. The van der Waals surface area contributed by atoms with E-state index in [-0.39, 0.29) is 5.41 Å². The molecule has 0 amide bonds. The van der Waals surface area contributed by atoms with Crippen LogP contribution in [-0.4, -0.2) is 29.7 Å². The number of nitrogens with zero attached hydrogens (tertiary/aromatic N) is 2. The smallest absolute Gasteiger partial charge is 0.218 e. The summed E-state index contributed by atoms with van der Waals surface area (Å²) in [5, 5.41) is 3.32. The van der Waals surface area contributed by atoms with E-state index in [1.54, 1.807) is 0 Å². The van der Waals surface area contributed by atoms with Crippen molar-refractivity contribution in [1.82, 2.24) is 9.97 Å². The topological polar surface area (TPSA) is 73.1 Å². The molecule has 0 unspecified atom stereocenters. The highest BCUT2D eigenvalue weighted by Crippen LogP contribution is 2.22. The van der Waals surface area contributed by atoms with Gasteiger partial charge in [-0.1, -0.05) is 13.8 Å². The Bertz CT molecular complexity index is 355. The molecule has 18 heavy (non-hydrogen) atoms. The summed E-state index contributed by atoms with van der Waals surface area (Å²) in [5.41, 5.74) is 5.74. The highest BCUT2D eigenvalue weighted by Gasteiger charge is 2.17. The second-order valence-corrected chi connectivity index (χ2v) is 5.08. The minimum Gasteiger partial charge on any atom is -0.478 e. The molecule has 0 saturated carbocycles. The highest BCUT2D eigenvalue weighted by atomic mass is 16.5. The fourth-order valence-corrected chi connectivity index (χ4v) is 1.66. The van der Waals surface area contributed by atoms with E-state index in [1.165, 1.54) is 6.33 Å². The molecule has 0 aliphatic heterocycles. The van der Waals surface area contributed by atoms with Crippen molar-refractivity contribution in [2.24, 2.45) is 11.1 Å². The van der Waals surface area contributed by atoms with Crippen LogP contribution in [0.4, 0.5) is 5.82 Å². The van der Waals surface area contributed by atoms with Gasteiger partial charge in [0, 0.05) is 12.6 Å². The van der Waals surface area contributed by atoms with E-state index < -0.39 is 0 Å². The van der Waals surface area contributed by atoms with Crippen LogP contribution in [0.5, 0.6) is 5.88 Å². The zero-order valence-corrected chi connectivity index (χ0v) is 11.6. The lowest BCUT2D eigenvalue weighted by Crippen LogP contribution is -2.24. The van der Waals surface area contributed by atoms with Crippen molar-refractivity contribution in [2.75, 3.05) is 25.0 Å². The van der Waals surface area contributed by atoms with Gasteiger partial charge in [-0.25, -0.2) is 9.97 Å². The summed E-state index contributed by atoms with van der Waals surface area (Å²) in [7, 11) is 0. The maximum absolute atomic E-state index is 5.54. The lowest BCUT2D eigenvalue weighted by molar-refractivity contribution is 0.326. The molecule has 3 N–H and O–H groups in total. The molecule has 0 fully saturated rings. The number of hydrogen-bond donors (Lipinski definition) is 2. The number of ether oxygens (including phenoxy) is 1. The summed E-state index contributed by atoms with van der Waals surface area (Å²) in [6.45, 7) is 8.59. The molecule has 5 nitrogen and oxygen atoms in total. The third kappa shape index (κ3) is 5.31. The summed E-state index contributed by atoms with van der Waals surface area (Å²) in [6, 6.07) is 1.82. The fourth-order valence-electron chi connectivity index (χ4n) is 1.66. The van der Waals surface area contributed by atoms with E-state index in [1.807, 2.05) is 13.0 Å². The van der Waals surface area contributed by atoms with Crippen molar-refractivity contribution in [3.63, 3.8) is 0 Å². The quantitative estimate of drug-likeness (QED) is 0.741. The van der Waals surface area contributed by atoms with Gasteiger partial charge in [0.25, 0.3) is 0 Å². The van der Waals surface area contributed by atoms with E-state index >= 15 is 0 Å². The van der Waals surface area contributed by atoms with Crippen molar-refractivity contribution in [3.8, 4) is 5.88 Å². The van der Waals surface area contributed by atoms with Crippen molar-refractivity contribution >= 4 is 5.82 Å². The Kier molecular flexibility index (Phi) is 5.85. The normalized spacial score (nSPS) is 11.3. The molecule has 5 heteroatoms. The summed E-state index contributed by atoms with van der Waals surface area (Å²) in [6.07, 6.45) is 3.66. The summed E-state index contributed by atoms with van der Waals surface area (Å²) in [4.78, 5) is 8.21. The van der Waals surface area contributed by atoms with Crippen LogP contribution in [-0.2, 0) is 0 Å². The Hall–Kier alpha value is -1.36. The first kappa shape index (κ1) is 14.7. The predicted octanol–water partition coefficient (Wildman–Crippen LogP) is 2.05. The van der Waals surface area contributed by atoms with E-state index in [2.05, 4.69) is 29.1 Å². The number of aromatic nitrogens is 2. The van der Waals surface area contributed by atoms with Crippen molar-refractivity contribution in [2.45, 2.75) is 33.6 Å². The monoisotopic (exact) mass is 252 g/mol. The lowest BCUT2D eigenvalue weighted by atomic mass is 9.88. The standard InChI is InChI=1S/C13H24N4O/c1-4-18-12-8-11(16-10-17-12)15-9-13(2,3)6-5-7-14/h8,10H,4-7,9,14H2,1-3H3,(H,15,16,17). The van der Waals surface area contributed by atoms with Crippen LogP contribution < -0.4 is 15.8 Å². The molecule has 0 bridgehead atoms. The average molecular weight is 252 g/mol. The minimum absolute atomic E-state index is 0.204. The predicted molar refractivity (Wildman–Crippen MR) is 73.8 cm³/mol. The van der Waals surface area contributed by atoms with Gasteiger partial charge in [-0.15, -0.1) is 0 Å².